The summed E-state index contributed by atoms with van der Waals surface area (Å²) in [7, 11) is 2.04. The number of aryl methyl sites for hydroxylation is 1. The second-order valence-electron chi connectivity index (χ2n) is 6.74. The van der Waals surface area contributed by atoms with Gasteiger partial charge in [-0.1, -0.05) is 18.2 Å². The van der Waals surface area contributed by atoms with Gasteiger partial charge in [-0.2, -0.15) is 0 Å². The monoisotopic (exact) mass is 310 g/mol. The molecule has 0 saturated carbocycles. The van der Waals surface area contributed by atoms with E-state index >= 15 is 0 Å². The van der Waals surface area contributed by atoms with Crippen LogP contribution < -0.4 is 5.32 Å². The molecule has 23 heavy (non-hydrogen) atoms. The average Bonchev–Trinajstić information content (AvgIpc) is 2.99. The molecule has 120 valence electrons. The van der Waals surface area contributed by atoms with E-state index < -0.39 is 0 Å². The van der Waals surface area contributed by atoms with Crippen molar-refractivity contribution >= 4 is 5.91 Å². The number of nitrogens with one attached hydrogen (secondary N) is 1. The van der Waals surface area contributed by atoms with Crippen molar-refractivity contribution in [2.24, 2.45) is 7.05 Å². The van der Waals surface area contributed by atoms with Gasteiger partial charge in [0.2, 0.25) is 0 Å². The molecule has 0 unspecified atom stereocenters. The van der Waals surface area contributed by atoms with E-state index in [4.69, 9.17) is 0 Å². The van der Waals surface area contributed by atoms with E-state index in [1.807, 2.05) is 31.6 Å². The lowest BCUT2D eigenvalue weighted by atomic mass is 9.69. The number of nitrogens with zero attached hydrogens (tertiary/aromatic N) is 3. The summed E-state index contributed by atoms with van der Waals surface area (Å²) in [5.74, 6) is 1.18. The molecule has 0 radical (unpaired) electrons. The van der Waals surface area contributed by atoms with Gasteiger partial charge in [-0.25, -0.2) is 4.98 Å². The van der Waals surface area contributed by atoms with Crippen LogP contribution in [-0.2, 0) is 19.0 Å². The number of piperidine rings is 1. The smallest absolute Gasteiger partial charge is 0.251 e. The molecule has 0 aliphatic carbocycles. The molecule has 2 aromatic rings. The minimum absolute atomic E-state index is 0.0710. The van der Waals surface area contributed by atoms with E-state index in [1.54, 1.807) is 0 Å². The maximum absolute atomic E-state index is 12.1. The maximum Gasteiger partial charge on any atom is 0.251 e. The normalized spacial score (nSPS) is 20.3. The third-order valence-electron chi connectivity index (χ3n) is 5.43. The van der Waals surface area contributed by atoms with Gasteiger partial charge >= 0.3 is 0 Å². The number of carbonyl (C=O) groups excluding carboxylic acids is 1. The second kappa shape index (κ2) is 5.49. The fraction of sp³-hybridized carbons (Fsp3) is 0.444. The van der Waals surface area contributed by atoms with Crippen molar-refractivity contribution in [2.45, 2.75) is 24.8 Å². The predicted octanol–water partition coefficient (Wildman–Crippen LogP) is 1.70. The zero-order valence-corrected chi connectivity index (χ0v) is 13.5. The Hall–Kier alpha value is -2.14. The van der Waals surface area contributed by atoms with Crippen molar-refractivity contribution in [1.82, 2.24) is 19.8 Å². The standard InChI is InChI=1S/C18H22N4O/c1-21-11-8-19-16(21)12-22-9-6-18(7-10-22)13-20-17(23)14-4-2-3-5-15(14)18/h2-5,8,11H,6-7,9-10,12-13H2,1H3,(H,20,23). The van der Waals surface area contributed by atoms with Crippen LogP contribution in [0.4, 0.5) is 0 Å². The van der Waals surface area contributed by atoms with E-state index in [-0.39, 0.29) is 11.3 Å². The molecular weight excluding hydrogens is 288 g/mol. The lowest BCUT2D eigenvalue weighted by molar-refractivity contribution is 0.0879. The Balaban J connectivity index is 1.52. The number of amides is 1. The van der Waals surface area contributed by atoms with E-state index in [2.05, 4.69) is 31.9 Å². The minimum Gasteiger partial charge on any atom is -0.351 e. The molecule has 1 aromatic heterocycles. The highest BCUT2D eigenvalue weighted by molar-refractivity contribution is 5.97. The molecule has 1 amide bonds. The van der Waals surface area contributed by atoms with Gasteiger partial charge in [0.1, 0.15) is 5.82 Å². The van der Waals surface area contributed by atoms with Crippen molar-refractivity contribution in [1.29, 1.82) is 0 Å². The largest absolute Gasteiger partial charge is 0.351 e. The SMILES string of the molecule is Cn1ccnc1CN1CCC2(CC1)CNC(=O)c1ccccc12. The Kier molecular flexibility index (Phi) is 3.45. The van der Waals surface area contributed by atoms with Crippen LogP contribution in [0.5, 0.6) is 0 Å². The Morgan fingerprint density at radius 1 is 1.26 bits per heavy atom. The summed E-state index contributed by atoms with van der Waals surface area (Å²) in [6.07, 6.45) is 6.00. The van der Waals surface area contributed by atoms with Gasteiger partial charge in [0.05, 0.1) is 6.54 Å². The van der Waals surface area contributed by atoms with Crippen molar-refractivity contribution in [2.75, 3.05) is 19.6 Å². The second-order valence-corrected chi connectivity index (χ2v) is 6.74. The number of hydrogen-bond acceptors (Lipinski definition) is 3. The van der Waals surface area contributed by atoms with Gasteiger partial charge in [0.25, 0.3) is 5.91 Å². The van der Waals surface area contributed by atoms with Crippen molar-refractivity contribution in [3.8, 4) is 0 Å². The van der Waals surface area contributed by atoms with Gasteiger partial charge in [0.15, 0.2) is 0 Å². The highest BCUT2D eigenvalue weighted by Crippen LogP contribution is 2.39. The fourth-order valence-electron chi connectivity index (χ4n) is 3.92. The number of hydrogen-bond donors (Lipinski definition) is 1. The topological polar surface area (TPSA) is 50.2 Å². The molecule has 2 aliphatic heterocycles. The molecule has 1 spiro atoms. The first-order valence-corrected chi connectivity index (χ1v) is 8.24. The van der Waals surface area contributed by atoms with Gasteiger partial charge in [-0.3, -0.25) is 9.69 Å². The van der Waals surface area contributed by atoms with Gasteiger partial charge in [-0.05, 0) is 37.6 Å². The van der Waals surface area contributed by atoms with Crippen LogP contribution in [0.3, 0.4) is 0 Å². The zero-order valence-electron chi connectivity index (χ0n) is 13.5. The fourth-order valence-corrected chi connectivity index (χ4v) is 3.92. The van der Waals surface area contributed by atoms with E-state index in [0.29, 0.717) is 0 Å². The van der Waals surface area contributed by atoms with Crippen LogP contribution in [0.1, 0.15) is 34.6 Å². The predicted molar refractivity (Wildman–Crippen MR) is 88.2 cm³/mol. The van der Waals surface area contributed by atoms with Crippen LogP contribution in [0.25, 0.3) is 0 Å². The van der Waals surface area contributed by atoms with Crippen molar-refractivity contribution in [3.05, 3.63) is 53.6 Å². The first-order valence-electron chi connectivity index (χ1n) is 8.24. The average molecular weight is 310 g/mol. The number of carbonyl (C=O) groups is 1. The first kappa shape index (κ1) is 14.5. The molecule has 5 nitrogen and oxygen atoms in total. The van der Waals surface area contributed by atoms with Crippen LogP contribution in [-0.4, -0.2) is 40.0 Å². The first-order chi connectivity index (χ1) is 11.2. The minimum atomic E-state index is 0.0710. The van der Waals surface area contributed by atoms with E-state index in [0.717, 1.165) is 50.4 Å². The number of imidazole rings is 1. The molecule has 2 aliphatic rings. The molecule has 1 N–H and O–H groups in total. The maximum atomic E-state index is 12.1. The molecule has 0 bridgehead atoms. The lowest BCUT2D eigenvalue weighted by Gasteiger charge is -2.45. The Bertz CT molecular complexity index is 728. The molecule has 5 heteroatoms. The Morgan fingerprint density at radius 2 is 2.04 bits per heavy atom. The summed E-state index contributed by atoms with van der Waals surface area (Å²) in [5, 5.41) is 3.09. The Labute approximate surface area is 136 Å². The van der Waals surface area contributed by atoms with Crippen molar-refractivity contribution in [3.63, 3.8) is 0 Å². The number of aromatic nitrogens is 2. The molecule has 1 fully saturated rings. The van der Waals surface area contributed by atoms with Crippen LogP contribution in [0.15, 0.2) is 36.7 Å². The summed E-state index contributed by atoms with van der Waals surface area (Å²) in [5.41, 5.74) is 2.19. The summed E-state index contributed by atoms with van der Waals surface area (Å²) in [4.78, 5) is 19.0. The number of likely N-dealkylation sites (tertiary alicyclic amines) is 1. The van der Waals surface area contributed by atoms with E-state index in [1.165, 1.54) is 5.56 Å². The molecular formula is C18H22N4O. The van der Waals surface area contributed by atoms with Crippen LogP contribution >= 0.6 is 0 Å². The van der Waals surface area contributed by atoms with Crippen LogP contribution in [0.2, 0.25) is 0 Å². The third-order valence-corrected chi connectivity index (χ3v) is 5.43. The number of benzene rings is 1. The quantitative estimate of drug-likeness (QED) is 0.918. The Morgan fingerprint density at radius 3 is 2.78 bits per heavy atom. The number of fused-ring (bicyclic) bond motifs is 2. The zero-order chi connectivity index (χ0) is 15.9. The summed E-state index contributed by atoms with van der Waals surface area (Å²) >= 11 is 0. The molecule has 0 atom stereocenters. The molecule has 3 heterocycles. The van der Waals surface area contributed by atoms with Crippen molar-refractivity contribution < 1.29 is 4.79 Å². The van der Waals surface area contributed by atoms with Gasteiger partial charge in [0, 0.05) is 37.0 Å². The molecule has 4 rings (SSSR count). The molecule has 1 aromatic carbocycles. The van der Waals surface area contributed by atoms with Gasteiger partial charge in [-0.15, -0.1) is 0 Å². The summed E-state index contributed by atoms with van der Waals surface area (Å²) in [6, 6.07) is 8.10. The highest BCUT2D eigenvalue weighted by Gasteiger charge is 2.41. The van der Waals surface area contributed by atoms with Crippen LogP contribution in [0, 0.1) is 0 Å². The summed E-state index contributed by atoms with van der Waals surface area (Å²) < 4.78 is 2.08. The van der Waals surface area contributed by atoms with Gasteiger partial charge < -0.3 is 9.88 Å². The molecule has 1 saturated heterocycles. The third kappa shape index (κ3) is 2.45. The summed E-state index contributed by atoms with van der Waals surface area (Å²) in [6.45, 7) is 3.74. The number of rotatable bonds is 2. The lowest BCUT2D eigenvalue weighted by Crippen LogP contribution is -2.52. The van der Waals surface area contributed by atoms with E-state index in [9.17, 15) is 4.79 Å². The highest BCUT2D eigenvalue weighted by atomic mass is 16.1.